The van der Waals surface area contributed by atoms with Gasteiger partial charge in [0, 0.05) is 121 Å². The number of carboxylic acids is 2. The van der Waals surface area contributed by atoms with Gasteiger partial charge in [-0.25, -0.2) is 56.7 Å². The predicted octanol–water partition coefficient (Wildman–Crippen LogP) is 11.5. The Morgan fingerprint density at radius 1 is 0.565 bits per heavy atom. The lowest BCUT2D eigenvalue weighted by molar-refractivity contribution is -0.143. The molecule has 8 aromatic rings. The van der Waals surface area contributed by atoms with E-state index in [9.17, 15) is 56.5 Å². The number of hydrogen-bond acceptors (Lipinski definition) is 22. The largest absolute Gasteiger partial charge is 0.481 e. The number of pyridine rings is 2. The van der Waals surface area contributed by atoms with E-state index in [0.29, 0.717) is 114 Å². The first-order chi connectivity index (χ1) is 51.7. The molecule has 4 aromatic carbocycles. The topological polar surface area (TPSA) is 300 Å². The second-order valence-electron chi connectivity index (χ2n) is 26.8. The first kappa shape index (κ1) is 75.3. The number of aliphatic imine (C=N–C) groups is 2. The number of carboxylic acid groups (broad SMARTS) is 2. The maximum atomic E-state index is 14.9. The first-order valence-electron chi connectivity index (χ1n) is 33.7. The van der Waals surface area contributed by atoms with E-state index in [1.165, 1.54) is 144 Å². The Kier molecular flexibility index (Phi) is 21.7. The molecule has 4 saturated heterocycles. The van der Waals surface area contributed by atoms with E-state index in [-0.39, 0.29) is 87.1 Å². The van der Waals surface area contributed by atoms with E-state index in [0.717, 1.165) is 12.1 Å². The zero-order valence-corrected chi connectivity index (χ0v) is 61.7. The van der Waals surface area contributed by atoms with Crippen LogP contribution in [0, 0.1) is 23.3 Å². The van der Waals surface area contributed by atoms with Gasteiger partial charge in [0.1, 0.15) is 35.3 Å². The molecule has 108 heavy (non-hydrogen) atoms. The molecule has 6 aliphatic heterocycles. The number of amidine groups is 2. The fourth-order valence-corrected chi connectivity index (χ4v) is 15.0. The van der Waals surface area contributed by atoms with E-state index < -0.39 is 70.1 Å². The molecule has 26 nitrogen and oxygen atoms in total. The maximum Gasteiger partial charge on any atom is 0.338 e. The van der Waals surface area contributed by atoms with Gasteiger partial charge in [0.2, 0.25) is 5.88 Å². The Bertz CT molecular complexity index is 4670. The van der Waals surface area contributed by atoms with Crippen molar-refractivity contribution in [1.82, 2.24) is 50.2 Å². The number of carbonyl (C=O) groups excluding carboxylic acids is 4. The summed E-state index contributed by atoms with van der Waals surface area (Å²) < 4.78 is 79.6. The molecule has 4 aromatic heterocycles. The third kappa shape index (κ3) is 15.5. The molecule has 6 aliphatic rings. The smallest absolute Gasteiger partial charge is 0.338 e. The number of carbonyl (C=O) groups is 6. The standard InChI is InChI=1S/2C37H34ClF2N7O6S/c1-37(2,35(49)50)20-4-8-28(26(40)14-20)53-23-6-9-29(42-16-23)47-18-22-17-45(11-12-46(22)36(47)51)19-27-30(34(48)52-3)31(24-7-5-21(39)15-25(24)38)44-32(43-27)33-41-10-13-54-33;1-37(2,35(49)50)20-4-8-28(26(40)14-20)53-29-9-6-22(16-42-29)47-18-23-17-45(11-12-46(23)36(47)51)19-27-30(34(48)52-3)31(24-7-5-21(39)15-25(24)38)44-32(43-27)33-41-10-13-54-33/h4-10,13-16,22,31H,11-12,17-19H2,1-3H3,(H,43,44)(H,49,50);4-10,13-16,23,31H,11-12,17-19H2,1-3H3,(H,43,44)(H,49,50)/t22-,31-;23-,31-/m00/s1. The number of anilines is 2. The number of esters is 2. The van der Waals surface area contributed by atoms with Crippen LogP contribution in [0.2, 0.25) is 10.0 Å². The number of hydrogen-bond donors (Lipinski definition) is 4. The number of piperazine rings is 2. The highest BCUT2D eigenvalue weighted by Crippen LogP contribution is 2.41. The number of nitrogens with zero attached hydrogens (tertiary/aromatic N) is 12. The number of methoxy groups -OCH3 is 2. The van der Waals surface area contributed by atoms with Crippen LogP contribution in [-0.4, -0.2) is 189 Å². The fourth-order valence-electron chi connectivity index (χ4n) is 13.2. The highest BCUT2D eigenvalue weighted by molar-refractivity contribution is 7.12. The first-order valence-corrected chi connectivity index (χ1v) is 36.2. The molecule has 4 fully saturated rings. The van der Waals surface area contributed by atoms with Gasteiger partial charge in [-0.2, -0.15) is 0 Å². The highest BCUT2D eigenvalue weighted by Gasteiger charge is 2.46. The fraction of sp³-hybridized carbons (Fsp3) is 0.297. The number of aromatic nitrogens is 4. The molecule has 0 bridgehead atoms. The van der Waals surface area contributed by atoms with Crippen molar-refractivity contribution in [2.24, 2.45) is 9.98 Å². The highest BCUT2D eigenvalue weighted by atomic mass is 35.5. The van der Waals surface area contributed by atoms with Crippen LogP contribution in [0.4, 0.5) is 38.7 Å². The summed E-state index contributed by atoms with van der Waals surface area (Å²) in [7, 11) is 2.56. The van der Waals surface area contributed by atoms with Gasteiger partial charge >= 0.3 is 35.9 Å². The van der Waals surface area contributed by atoms with Crippen LogP contribution < -0.4 is 29.9 Å². The minimum absolute atomic E-state index is 0.0917. The summed E-state index contributed by atoms with van der Waals surface area (Å²) in [4.78, 5) is 115. The molecular formula is C74H68Cl2F4N14O12S2. The number of fused-ring (bicyclic) bond motifs is 2. The Morgan fingerprint density at radius 3 is 1.46 bits per heavy atom. The number of ether oxygens (including phenoxy) is 4. The summed E-state index contributed by atoms with van der Waals surface area (Å²) in [6.07, 6.45) is 6.15. The minimum atomic E-state index is -1.29. The average Bonchev–Trinajstić information content (AvgIpc) is 1.17. The molecule has 0 aliphatic carbocycles. The van der Waals surface area contributed by atoms with Gasteiger partial charge in [0.25, 0.3) is 0 Å². The molecule has 4 amide bonds. The normalized spacial score (nSPS) is 19.0. The Morgan fingerprint density at radius 2 is 1.05 bits per heavy atom. The summed E-state index contributed by atoms with van der Waals surface area (Å²) in [5.41, 5.74) is 0.904. The lowest BCUT2D eigenvalue weighted by Crippen LogP contribution is -2.53. The third-order valence-corrected chi connectivity index (χ3v) is 21.5. The van der Waals surface area contributed by atoms with Gasteiger partial charge in [0.05, 0.1) is 72.9 Å². The van der Waals surface area contributed by atoms with Crippen LogP contribution in [0.15, 0.2) is 165 Å². The van der Waals surface area contributed by atoms with Crippen molar-refractivity contribution in [3.8, 4) is 23.1 Å². The molecule has 0 saturated carbocycles. The van der Waals surface area contributed by atoms with Gasteiger partial charge in [-0.05, 0) is 106 Å². The molecule has 0 spiro atoms. The zero-order chi connectivity index (χ0) is 76.6. The van der Waals surface area contributed by atoms with Crippen LogP contribution >= 0.6 is 45.9 Å². The van der Waals surface area contributed by atoms with Crippen molar-refractivity contribution in [3.05, 3.63) is 221 Å². The van der Waals surface area contributed by atoms with Crippen molar-refractivity contribution in [2.75, 3.05) is 89.5 Å². The van der Waals surface area contributed by atoms with E-state index in [4.69, 9.17) is 52.1 Å². The number of nitrogens with one attached hydrogen (secondary N) is 2. The molecule has 4 atom stereocenters. The Hall–Kier alpha value is -10.9. The van der Waals surface area contributed by atoms with Crippen LogP contribution in [0.25, 0.3) is 0 Å². The second kappa shape index (κ2) is 31.1. The minimum Gasteiger partial charge on any atom is -0.481 e. The molecule has 0 unspecified atom stereocenters. The summed E-state index contributed by atoms with van der Waals surface area (Å²) in [5.74, 6) is -4.55. The number of thiazole rings is 2. The number of halogens is 6. The zero-order valence-electron chi connectivity index (χ0n) is 58.5. The van der Waals surface area contributed by atoms with Gasteiger partial charge in [-0.15, -0.1) is 22.7 Å². The van der Waals surface area contributed by atoms with Crippen molar-refractivity contribution >= 4 is 105 Å². The molecule has 10 heterocycles. The van der Waals surface area contributed by atoms with E-state index in [2.05, 4.69) is 40.4 Å². The van der Waals surface area contributed by atoms with Gasteiger partial charge in [0.15, 0.2) is 44.8 Å². The number of aliphatic carboxylic acids is 2. The molecule has 0 radical (unpaired) electrons. The van der Waals surface area contributed by atoms with Crippen molar-refractivity contribution < 1.29 is 75.5 Å². The summed E-state index contributed by atoms with van der Waals surface area (Å²) in [5, 5.41) is 30.6. The van der Waals surface area contributed by atoms with Crippen molar-refractivity contribution in [3.63, 3.8) is 0 Å². The van der Waals surface area contributed by atoms with Crippen LogP contribution in [-0.2, 0) is 39.5 Å². The number of rotatable bonds is 20. The number of benzene rings is 4. The summed E-state index contributed by atoms with van der Waals surface area (Å²) in [6, 6.07) is 19.7. The second-order valence-corrected chi connectivity index (χ2v) is 29.4. The lowest BCUT2D eigenvalue weighted by Gasteiger charge is -2.38. The molecule has 34 heteroatoms. The summed E-state index contributed by atoms with van der Waals surface area (Å²) in [6.45, 7) is 9.99. The van der Waals surface area contributed by atoms with E-state index >= 15 is 0 Å². The third-order valence-electron chi connectivity index (χ3n) is 19.3. The number of amides is 4. The molecule has 14 rings (SSSR count). The molecule has 560 valence electrons. The predicted molar refractivity (Wildman–Crippen MR) is 392 cm³/mol. The quantitative estimate of drug-likeness (QED) is 0.0407. The van der Waals surface area contributed by atoms with Crippen molar-refractivity contribution in [1.29, 1.82) is 0 Å². The Balaban J connectivity index is 0.000000190. The van der Waals surface area contributed by atoms with Gasteiger partial charge in [-0.1, -0.05) is 47.5 Å². The average molecular weight is 1560 g/mol. The number of urea groups is 2. The maximum absolute atomic E-state index is 14.9. The molecule has 4 N–H and O–H groups in total. The SMILES string of the molecule is COC(=O)C1=C(CN2CCN3C(=O)N(c4ccc(Oc5ccc(C(C)(C)C(=O)O)cc5F)cn4)C[C@@H]3C2)NC(c2nccs2)=N[C@H]1c1ccc(F)cc1Cl.COC(=O)C1=C(CN2CCN3C(=O)N(c4ccc(Oc5ccc(C(C)(C)C(=O)O)cc5F)nc4)C[C@@H]3C2)NC(c2nccs2)=N[C@H]1c1ccc(F)cc1Cl. The van der Waals surface area contributed by atoms with Crippen molar-refractivity contribution in [2.45, 2.75) is 62.7 Å². The monoisotopic (exact) mass is 1550 g/mol. The van der Waals surface area contributed by atoms with Crippen LogP contribution in [0.5, 0.6) is 23.1 Å². The van der Waals surface area contributed by atoms with E-state index in [1.807, 2.05) is 0 Å². The molecular weight excluding hydrogens is 1490 g/mol. The summed E-state index contributed by atoms with van der Waals surface area (Å²) >= 11 is 15.7. The van der Waals surface area contributed by atoms with E-state index in [1.54, 1.807) is 61.0 Å². The Labute approximate surface area is 633 Å². The van der Waals surface area contributed by atoms with Crippen LogP contribution in [0.3, 0.4) is 0 Å². The van der Waals surface area contributed by atoms with Gasteiger partial charge in [-0.3, -0.25) is 39.2 Å². The van der Waals surface area contributed by atoms with Gasteiger partial charge < -0.3 is 49.6 Å². The van der Waals surface area contributed by atoms with Crippen LogP contribution in [0.1, 0.15) is 72.0 Å². The lowest BCUT2D eigenvalue weighted by atomic mass is 9.85.